The second-order valence-corrected chi connectivity index (χ2v) is 11.7. The minimum Gasteiger partial charge on any atom is -0.379 e. The number of sulfonamides is 1. The second kappa shape index (κ2) is 8.19. The lowest BCUT2D eigenvalue weighted by atomic mass is 9.72. The van der Waals surface area contributed by atoms with Crippen molar-refractivity contribution < 1.29 is 17.9 Å². The number of rotatable bonds is 5. The lowest BCUT2D eigenvalue weighted by Crippen LogP contribution is -2.43. The first-order chi connectivity index (χ1) is 12.7. The van der Waals surface area contributed by atoms with Gasteiger partial charge in [0, 0.05) is 24.5 Å². The highest BCUT2D eigenvalue weighted by atomic mass is 32.2. The number of aryl methyl sites for hydroxylation is 1. The topological polar surface area (TPSA) is 75.7 Å². The van der Waals surface area contributed by atoms with Crippen LogP contribution in [-0.2, 0) is 27.6 Å². The number of morpholine rings is 1. The van der Waals surface area contributed by atoms with Crippen molar-refractivity contribution in [2.75, 3.05) is 38.6 Å². The summed E-state index contributed by atoms with van der Waals surface area (Å²) in [6.07, 6.45) is 3.21. The summed E-state index contributed by atoms with van der Waals surface area (Å²) >= 11 is 1.55. The number of nitrogens with one attached hydrogen (secondary N) is 1. The standard InChI is InChI=1S/C19H30N2O4S2/c1-19(2,3)15-4-5-16-14(12-15)13-17(26-16)18(22)20-6-11-27(23,24)21-7-9-25-10-8-21/h13,15H,4-12H2,1-3H3,(H,20,22). The van der Waals surface area contributed by atoms with Gasteiger partial charge >= 0.3 is 0 Å². The molecule has 152 valence electrons. The number of carbonyl (C=O) groups excluding carboxylic acids is 1. The Morgan fingerprint density at radius 2 is 2.04 bits per heavy atom. The highest BCUT2D eigenvalue weighted by Crippen LogP contribution is 2.40. The van der Waals surface area contributed by atoms with E-state index in [1.807, 2.05) is 6.07 Å². The molecule has 1 aromatic rings. The smallest absolute Gasteiger partial charge is 0.261 e. The van der Waals surface area contributed by atoms with Gasteiger partial charge in [-0.2, -0.15) is 4.31 Å². The van der Waals surface area contributed by atoms with Gasteiger partial charge in [-0.1, -0.05) is 20.8 Å². The Morgan fingerprint density at radius 3 is 2.70 bits per heavy atom. The third-order valence-electron chi connectivity index (χ3n) is 5.54. The van der Waals surface area contributed by atoms with Crippen molar-refractivity contribution >= 4 is 27.3 Å². The van der Waals surface area contributed by atoms with Crippen LogP contribution < -0.4 is 5.32 Å². The number of amides is 1. The van der Waals surface area contributed by atoms with E-state index >= 15 is 0 Å². The number of thiophene rings is 1. The van der Waals surface area contributed by atoms with Crippen LogP contribution in [0.4, 0.5) is 0 Å². The molecule has 1 atom stereocenters. The SMILES string of the molecule is CC(C)(C)C1CCc2sc(C(=O)NCCS(=O)(=O)N3CCOCC3)cc2C1. The van der Waals surface area contributed by atoms with E-state index in [9.17, 15) is 13.2 Å². The van der Waals surface area contributed by atoms with Crippen LogP contribution in [0.15, 0.2) is 6.07 Å². The number of nitrogens with zero attached hydrogens (tertiary/aromatic N) is 1. The van der Waals surface area contributed by atoms with Crippen LogP contribution in [0.1, 0.15) is 47.3 Å². The number of carbonyl (C=O) groups is 1. The average molecular weight is 415 g/mol. The Labute approximate surface area is 166 Å². The molecule has 1 aliphatic heterocycles. The highest BCUT2D eigenvalue weighted by molar-refractivity contribution is 7.89. The third kappa shape index (κ3) is 5.10. The summed E-state index contributed by atoms with van der Waals surface area (Å²) in [5.74, 6) is 0.392. The highest BCUT2D eigenvalue weighted by Gasteiger charge is 2.30. The molecular weight excluding hydrogens is 384 g/mol. The molecule has 1 aromatic heterocycles. The van der Waals surface area contributed by atoms with Crippen molar-refractivity contribution in [3.05, 3.63) is 21.4 Å². The Morgan fingerprint density at radius 1 is 1.33 bits per heavy atom. The second-order valence-electron chi connectivity index (χ2n) is 8.45. The Hall–Kier alpha value is -0.960. The molecule has 1 amide bonds. The molecule has 2 aliphatic rings. The predicted molar refractivity (Wildman–Crippen MR) is 108 cm³/mol. The van der Waals surface area contributed by atoms with Gasteiger partial charge in [0.25, 0.3) is 5.91 Å². The quantitative estimate of drug-likeness (QED) is 0.802. The first-order valence-electron chi connectivity index (χ1n) is 9.62. The van der Waals surface area contributed by atoms with Crippen molar-refractivity contribution in [2.24, 2.45) is 11.3 Å². The van der Waals surface area contributed by atoms with Gasteiger partial charge in [-0.05, 0) is 42.2 Å². The number of ether oxygens (including phenoxy) is 1. The molecule has 1 aliphatic carbocycles. The third-order valence-corrected chi connectivity index (χ3v) is 8.65. The zero-order valence-corrected chi connectivity index (χ0v) is 18.0. The van der Waals surface area contributed by atoms with Gasteiger partial charge < -0.3 is 10.1 Å². The summed E-state index contributed by atoms with van der Waals surface area (Å²) < 4.78 is 31.3. The summed E-state index contributed by atoms with van der Waals surface area (Å²) in [6.45, 7) is 8.61. The lowest BCUT2D eigenvalue weighted by molar-refractivity contribution is 0.0730. The molecule has 1 fully saturated rings. The van der Waals surface area contributed by atoms with Crippen LogP contribution in [0.3, 0.4) is 0 Å². The largest absolute Gasteiger partial charge is 0.379 e. The molecule has 1 saturated heterocycles. The van der Waals surface area contributed by atoms with E-state index in [0.717, 1.165) is 19.3 Å². The number of hydrogen-bond donors (Lipinski definition) is 1. The van der Waals surface area contributed by atoms with Crippen molar-refractivity contribution in [1.29, 1.82) is 0 Å². The molecule has 27 heavy (non-hydrogen) atoms. The molecule has 6 nitrogen and oxygen atoms in total. The molecule has 0 saturated carbocycles. The van der Waals surface area contributed by atoms with E-state index in [4.69, 9.17) is 4.74 Å². The van der Waals surface area contributed by atoms with Crippen molar-refractivity contribution in [1.82, 2.24) is 9.62 Å². The molecule has 1 N–H and O–H groups in total. The molecule has 0 bridgehead atoms. The maximum Gasteiger partial charge on any atom is 0.261 e. The Bertz CT molecular complexity index is 774. The van der Waals surface area contributed by atoms with Crippen molar-refractivity contribution in [3.8, 4) is 0 Å². The zero-order chi connectivity index (χ0) is 19.7. The van der Waals surface area contributed by atoms with E-state index in [2.05, 4.69) is 26.1 Å². The van der Waals surface area contributed by atoms with Gasteiger partial charge in [-0.15, -0.1) is 11.3 Å². The number of fused-ring (bicyclic) bond motifs is 1. The molecule has 2 heterocycles. The van der Waals surface area contributed by atoms with E-state index in [1.54, 1.807) is 11.3 Å². The summed E-state index contributed by atoms with van der Waals surface area (Å²) in [7, 11) is -3.35. The lowest BCUT2D eigenvalue weighted by Gasteiger charge is -2.33. The van der Waals surface area contributed by atoms with Crippen LogP contribution in [0.2, 0.25) is 0 Å². The van der Waals surface area contributed by atoms with Gasteiger partial charge in [-0.25, -0.2) is 8.42 Å². The molecule has 0 radical (unpaired) electrons. The van der Waals surface area contributed by atoms with E-state index in [-0.39, 0.29) is 23.6 Å². The minimum atomic E-state index is -3.35. The minimum absolute atomic E-state index is 0.0735. The molecule has 3 rings (SSSR count). The van der Waals surface area contributed by atoms with Crippen LogP contribution >= 0.6 is 11.3 Å². The molecular formula is C19H30N2O4S2. The molecule has 1 unspecified atom stereocenters. The van der Waals surface area contributed by atoms with Gasteiger partial charge in [-0.3, -0.25) is 4.79 Å². The number of hydrogen-bond acceptors (Lipinski definition) is 5. The normalized spacial score (nSPS) is 21.7. The van der Waals surface area contributed by atoms with Crippen LogP contribution in [0.5, 0.6) is 0 Å². The summed E-state index contributed by atoms with van der Waals surface area (Å²) in [6, 6.07) is 2.00. The van der Waals surface area contributed by atoms with E-state index in [1.165, 1.54) is 14.7 Å². The summed E-state index contributed by atoms with van der Waals surface area (Å²) in [4.78, 5) is 14.5. The Kier molecular flexibility index (Phi) is 6.30. The molecule has 8 heteroatoms. The van der Waals surface area contributed by atoms with E-state index < -0.39 is 10.0 Å². The van der Waals surface area contributed by atoms with Gasteiger partial charge in [0.05, 0.1) is 23.8 Å². The maximum absolute atomic E-state index is 12.5. The van der Waals surface area contributed by atoms with Crippen molar-refractivity contribution in [3.63, 3.8) is 0 Å². The average Bonchev–Trinajstić information content (AvgIpc) is 3.05. The Balaban J connectivity index is 1.54. The van der Waals surface area contributed by atoms with Crippen LogP contribution in [0, 0.1) is 11.3 Å². The monoisotopic (exact) mass is 414 g/mol. The summed E-state index contributed by atoms with van der Waals surface area (Å²) in [5, 5.41) is 2.78. The van der Waals surface area contributed by atoms with E-state index in [0.29, 0.717) is 37.1 Å². The summed E-state index contributed by atoms with van der Waals surface area (Å²) in [5.41, 5.74) is 1.56. The fourth-order valence-electron chi connectivity index (χ4n) is 3.71. The van der Waals surface area contributed by atoms with Crippen molar-refractivity contribution in [2.45, 2.75) is 40.0 Å². The fourth-order valence-corrected chi connectivity index (χ4v) is 6.16. The first-order valence-corrected chi connectivity index (χ1v) is 12.0. The molecule has 0 spiro atoms. The van der Waals surface area contributed by atoms with Gasteiger partial charge in [0.15, 0.2) is 0 Å². The molecule has 0 aromatic carbocycles. The zero-order valence-electron chi connectivity index (χ0n) is 16.4. The fraction of sp³-hybridized carbons (Fsp3) is 0.737. The maximum atomic E-state index is 12.5. The predicted octanol–water partition coefficient (Wildman–Crippen LogP) is 2.29. The van der Waals surface area contributed by atoms with Crippen LogP contribution in [0.25, 0.3) is 0 Å². The van der Waals surface area contributed by atoms with Gasteiger partial charge in [0.1, 0.15) is 0 Å². The van der Waals surface area contributed by atoms with Gasteiger partial charge in [0.2, 0.25) is 10.0 Å². The van der Waals surface area contributed by atoms with Crippen LogP contribution in [-0.4, -0.2) is 57.2 Å². The first kappa shape index (κ1) is 20.8.